The fraction of sp³-hybridized carbons (Fsp3) is 0.424. The minimum Gasteiger partial charge on any atom is -0.371 e. The normalized spacial score (nSPS) is 20.2. The van der Waals surface area contributed by atoms with Crippen molar-refractivity contribution in [3.8, 4) is 0 Å². The van der Waals surface area contributed by atoms with Gasteiger partial charge in [0.25, 0.3) is 5.91 Å². The van der Waals surface area contributed by atoms with Crippen molar-refractivity contribution in [1.82, 2.24) is 9.62 Å². The number of nitrogens with one attached hydrogen (secondary N) is 1. The summed E-state index contributed by atoms with van der Waals surface area (Å²) in [6.45, 7) is 4.53. The number of alkyl halides is 3. The molecule has 234 valence electrons. The van der Waals surface area contributed by atoms with Crippen LogP contribution in [0.4, 0.5) is 18.9 Å². The van der Waals surface area contributed by atoms with Crippen molar-refractivity contribution in [3.63, 3.8) is 0 Å². The van der Waals surface area contributed by atoms with Gasteiger partial charge in [-0.3, -0.25) is 4.79 Å². The van der Waals surface area contributed by atoms with Crippen LogP contribution < -0.4 is 9.62 Å². The van der Waals surface area contributed by atoms with E-state index in [1.165, 1.54) is 0 Å². The van der Waals surface area contributed by atoms with E-state index in [1.807, 2.05) is 23.1 Å². The highest BCUT2D eigenvalue weighted by molar-refractivity contribution is 7.89. The number of carbonyl (C=O) groups excluding carboxylic acids is 1. The molecule has 6 nitrogen and oxygen atoms in total. The molecule has 3 aromatic carbocycles. The van der Waals surface area contributed by atoms with Crippen LogP contribution in [0.3, 0.4) is 0 Å². The van der Waals surface area contributed by atoms with Gasteiger partial charge in [0.2, 0.25) is 10.0 Å². The minimum absolute atomic E-state index is 0.0553. The van der Waals surface area contributed by atoms with Crippen molar-refractivity contribution in [3.05, 3.63) is 93.5 Å². The topological polar surface area (TPSA) is 69.7 Å². The molecule has 3 aliphatic rings. The molecule has 2 aliphatic heterocycles. The highest BCUT2D eigenvalue weighted by Gasteiger charge is 2.39. The molecule has 44 heavy (non-hydrogen) atoms. The Labute approximate surface area is 261 Å². The van der Waals surface area contributed by atoms with Crippen LogP contribution in [0.15, 0.2) is 65.6 Å². The van der Waals surface area contributed by atoms with Crippen LogP contribution in [0.1, 0.15) is 70.8 Å². The lowest BCUT2D eigenvalue weighted by Gasteiger charge is -2.47. The van der Waals surface area contributed by atoms with E-state index in [-0.39, 0.29) is 21.2 Å². The number of benzene rings is 3. The quantitative estimate of drug-likeness (QED) is 0.320. The first-order valence-electron chi connectivity index (χ1n) is 15.0. The number of piperidine rings is 2. The summed E-state index contributed by atoms with van der Waals surface area (Å²) >= 11 is 6.25. The summed E-state index contributed by atoms with van der Waals surface area (Å²) in [6.07, 6.45) is 0.600. The third kappa shape index (κ3) is 6.08. The number of hydrogen-bond donors (Lipinski definition) is 1. The van der Waals surface area contributed by atoms with E-state index in [1.54, 1.807) is 37.3 Å². The summed E-state index contributed by atoms with van der Waals surface area (Å²) in [5.41, 5.74) is 3.27. The fourth-order valence-corrected chi connectivity index (χ4v) is 9.11. The lowest BCUT2D eigenvalue weighted by Crippen LogP contribution is -2.48. The van der Waals surface area contributed by atoms with Crippen LogP contribution in [-0.4, -0.2) is 45.4 Å². The predicted octanol–water partition coefficient (Wildman–Crippen LogP) is 7.16. The number of nitrogens with zero attached hydrogens (tertiary/aromatic N) is 2. The van der Waals surface area contributed by atoms with Crippen molar-refractivity contribution in [2.24, 2.45) is 5.41 Å². The van der Waals surface area contributed by atoms with E-state index in [0.717, 1.165) is 67.7 Å². The van der Waals surface area contributed by atoms with Crippen LogP contribution in [0.25, 0.3) is 0 Å². The Morgan fingerprint density at radius 2 is 1.61 bits per heavy atom. The molecule has 1 N–H and O–H groups in total. The summed E-state index contributed by atoms with van der Waals surface area (Å²) < 4.78 is 68.2. The van der Waals surface area contributed by atoms with Crippen LogP contribution in [-0.2, 0) is 22.6 Å². The highest BCUT2D eigenvalue weighted by Crippen LogP contribution is 2.43. The maximum Gasteiger partial charge on any atom is 0.416 e. The summed E-state index contributed by atoms with van der Waals surface area (Å²) in [5.74, 6) is -0.0553. The molecule has 1 aliphatic carbocycles. The smallest absolute Gasteiger partial charge is 0.371 e. The Bertz CT molecular complexity index is 1640. The number of rotatable bonds is 5. The number of anilines is 1. The maximum absolute atomic E-state index is 13.6. The fourth-order valence-electron chi connectivity index (χ4n) is 7.03. The average molecular weight is 646 g/mol. The molecular formula is C33H35ClF3N3O3S. The highest BCUT2D eigenvalue weighted by atomic mass is 35.5. The van der Waals surface area contributed by atoms with Crippen LogP contribution in [0, 0.1) is 12.3 Å². The zero-order valence-electron chi connectivity index (χ0n) is 24.5. The second-order valence-corrected chi connectivity index (χ2v) is 14.4. The van der Waals surface area contributed by atoms with Crippen molar-refractivity contribution < 1.29 is 26.4 Å². The molecule has 0 radical (unpaired) electrons. The molecule has 11 heteroatoms. The molecule has 1 unspecified atom stereocenters. The third-order valence-electron chi connectivity index (χ3n) is 9.70. The Morgan fingerprint density at radius 1 is 0.955 bits per heavy atom. The molecule has 0 aromatic heterocycles. The van der Waals surface area contributed by atoms with Gasteiger partial charge in [0.05, 0.1) is 10.6 Å². The third-order valence-corrected chi connectivity index (χ3v) is 11.8. The second kappa shape index (κ2) is 11.7. The molecule has 1 atom stereocenters. The summed E-state index contributed by atoms with van der Waals surface area (Å²) in [4.78, 5) is 17.7. The predicted molar refractivity (Wildman–Crippen MR) is 164 cm³/mol. The van der Waals surface area contributed by atoms with Crippen LogP contribution in [0.2, 0.25) is 5.02 Å². The van der Waals surface area contributed by atoms with Gasteiger partial charge in [0.1, 0.15) is 4.90 Å². The van der Waals surface area contributed by atoms with Gasteiger partial charge in [0, 0.05) is 43.5 Å². The first kappa shape index (κ1) is 30.9. The van der Waals surface area contributed by atoms with E-state index < -0.39 is 27.8 Å². The first-order valence-corrected chi connectivity index (χ1v) is 16.8. The Morgan fingerprint density at radius 3 is 2.25 bits per heavy atom. The number of fused-ring (bicyclic) bond motifs is 1. The van der Waals surface area contributed by atoms with Gasteiger partial charge in [-0.1, -0.05) is 29.8 Å². The molecule has 2 heterocycles. The lowest BCUT2D eigenvalue weighted by atomic mass is 9.71. The van der Waals surface area contributed by atoms with Gasteiger partial charge in [-0.25, -0.2) is 13.1 Å². The van der Waals surface area contributed by atoms with Gasteiger partial charge in [-0.2, -0.15) is 13.2 Å². The molecule has 1 spiro atoms. The number of sulfonamides is 1. The van der Waals surface area contributed by atoms with E-state index in [4.69, 9.17) is 11.6 Å². The SMILES string of the molecule is Cc1cccc(Cl)c1S(=O)(=O)NC1CCc2ccc(C(=O)N3CCC4(CC3)CCN(c3ccc(C(F)(F)F)cc3)CC4)cc21. The van der Waals surface area contributed by atoms with Gasteiger partial charge >= 0.3 is 6.18 Å². The monoisotopic (exact) mass is 645 g/mol. The minimum atomic E-state index is -4.34. The molecule has 0 bridgehead atoms. The van der Waals surface area contributed by atoms with E-state index in [9.17, 15) is 26.4 Å². The number of aryl methyl sites for hydroxylation is 2. The summed E-state index contributed by atoms with van der Waals surface area (Å²) in [7, 11) is -3.87. The standard InChI is InChI=1S/C33H35ClF3N3O3S/c1-22-3-2-4-28(34)30(22)44(42,43)38-29-12-7-23-5-6-24(21-27(23)29)31(41)40-19-15-32(16-20-40)13-17-39(18-14-32)26-10-8-25(9-11-26)33(35,36)37/h2-6,8-11,21,29,38H,7,12-20H2,1H3. The van der Waals surface area contributed by atoms with Crippen LogP contribution in [0.5, 0.6) is 0 Å². The number of amides is 1. The van der Waals surface area contributed by atoms with Gasteiger partial charge < -0.3 is 9.80 Å². The van der Waals surface area contributed by atoms with E-state index >= 15 is 0 Å². The van der Waals surface area contributed by atoms with E-state index in [0.29, 0.717) is 37.1 Å². The van der Waals surface area contributed by atoms with Gasteiger partial charge in [0.15, 0.2) is 0 Å². The molecule has 1 amide bonds. The first-order chi connectivity index (χ1) is 20.9. The van der Waals surface area contributed by atoms with Gasteiger partial charge in [-0.15, -0.1) is 0 Å². The number of carbonyl (C=O) groups is 1. The second-order valence-electron chi connectivity index (χ2n) is 12.3. The van der Waals surface area contributed by atoms with Crippen molar-refractivity contribution in [2.45, 2.75) is 62.6 Å². The Hall–Kier alpha value is -3.08. The van der Waals surface area contributed by atoms with Crippen molar-refractivity contribution >= 4 is 33.2 Å². The zero-order chi connectivity index (χ0) is 31.3. The summed E-state index contributed by atoms with van der Waals surface area (Å²) in [5, 5.41) is 0.174. The molecule has 6 rings (SSSR count). The maximum atomic E-state index is 13.6. The molecule has 2 saturated heterocycles. The largest absolute Gasteiger partial charge is 0.416 e. The summed E-state index contributed by atoms with van der Waals surface area (Å²) in [6, 6.07) is 15.5. The molecule has 0 saturated carbocycles. The van der Waals surface area contributed by atoms with Crippen LogP contribution >= 0.6 is 11.6 Å². The Kier molecular flexibility index (Phi) is 8.22. The molecule has 2 fully saturated rings. The number of hydrogen-bond acceptors (Lipinski definition) is 4. The lowest BCUT2D eigenvalue weighted by molar-refractivity contribution is -0.137. The number of halogens is 4. The zero-order valence-corrected chi connectivity index (χ0v) is 26.0. The molecular weight excluding hydrogens is 611 g/mol. The van der Waals surface area contributed by atoms with Gasteiger partial charge in [-0.05, 0) is 110 Å². The number of likely N-dealkylation sites (tertiary alicyclic amines) is 1. The average Bonchev–Trinajstić information content (AvgIpc) is 3.38. The van der Waals surface area contributed by atoms with E-state index in [2.05, 4.69) is 9.62 Å². The van der Waals surface area contributed by atoms with Crippen molar-refractivity contribution in [2.75, 3.05) is 31.1 Å². The van der Waals surface area contributed by atoms with Crippen molar-refractivity contribution in [1.29, 1.82) is 0 Å². The molecule has 3 aromatic rings. The Balaban J connectivity index is 1.08.